The highest BCUT2D eigenvalue weighted by molar-refractivity contribution is 7.99. The van der Waals surface area contributed by atoms with Crippen LogP contribution >= 0.6 is 11.8 Å². The molecule has 1 aliphatic heterocycles. The standard InChI is InChI=1S/C13H26N2S/c1-3-14-13(11-6-4-5-7-11)12-10-16-9-8-15(12)2/h11-14H,3-10H2,1-2H3. The number of rotatable bonds is 4. The maximum absolute atomic E-state index is 3.77. The van der Waals surface area contributed by atoms with Crippen molar-refractivity contribution in [2.75, 3.05) is 31.6 Å². The number of hydrogen-bond donors (Lipinski definition) is 1. The van der Waals surface area contributed by atoms with Gasteiger partial charge in [-0.1, -0.05) is 19.8 Å². The minimum absolute atomic E-state index is 0.741. The van der Waals surface area contributed by atoms with Crippen LogP contribution in [-0.2, 0) is 0 Å². The molecular formula is C13H26N2S. The van der Waals surface area contributed by atoms with Gasteiger partial charge in [0.15, 0.2) is 0 Å². The van der Waals surface area contributed by atoms with Gasteiger partial charge in [0.05, 0.1) is 0 Å². The lowest BCUT2D eigenvalue weighted by Crippen LogP contribution is -2.55. The van der Waals surface area contributed by atoms with E-state index >= 15 is 0 Å². The van der Waals surface area contributed by atoms with E-state index in [1.165, 1.54) is 43.7 Å². The number of nitrogens with one attached hydrogen (secondary N) is 1. The highest BCUT2D eigenvalue weighted by Gasteiger charge is 2.34. The molecule has 0 radical (unpaired) electrons. The van der Waals surface area contributed by atoms with Crippen LogP contribution in [0.25, 0.3) is 0 Å². The average molecular weight is 242 g/mol. The number of nitrogens with zero attached hydrogens (tertiary/aromatic N) is 1. The second-order valence-electron chi connectivity index (χ2n) is 5.25. The number of likely N-dealkylation sites (N-methyl/N-ethyl adjacent to an activating group) is 2. The molecule has 94 valence electrons. The normalized spacial score (nSPS) is 30.8. The van der Waals surface area contributed by atoms with Crippen molar-refractivity contribution in [2.45, 2.75) is 44.7 Å². The van der Waals surface area contributed by atoms with Gasteiger partial charge in [0.25, 0.3) is 0 Å². The van der Waals surface area contributed by atoms with Crippen LogP contribution in [0.4, 0.5) is 0 Å². The number of hydrogen-bond acceptors (Lipinski definition) is 3. The highest BCUT2D eigenvalue weighted by Crippen LogP contribution is 2.32. The van der Waals surface area contributed by atoms with E-state index in [1.807, 2.05) is 0 Å². The van der Waals surface area contributed by atoms with Crippen molar-refractivity contribution in [1.29, 1.82) is 0 Å². The lowest BCUT2D eigenvalue weighted by Gasteiger charge is -2.40. The van der Waals surface area contributed by atoms with Gasteiger partial charge in [-0.3, -0.25) is 0 Å². The summed E-state index contributed by atoms with van der Waals surface area (Å²) in [6, 6.07) is 1.51. The summed E-state index contributed by atoms with van der Waals surface area (Å²) in [6.07, 6.45) is 5.81. The third-order valence-corrected chi connectivity index (χ3v) is 5.25. The molecule has 0 spiro atoms. The Morgan fingerprint density at radius 1 is 1.38 bits per heavy atom. The van der Waals surface area contributed by atoms with E-state index in [9.17, 15) is 0 Å². The Labute approximate surface area is 105 Å². The minimum Gasteiger partial charge on any atom is -0.312 e. The Morgan fingerprint density at radius 2 is 2.12 bits per heavy atom. The van der Waals surface area contributed by atoms with Crippen LogP contribution in [0.2, 0.25) is 0 Å². The molecule has 2 nitrogen and oxygen atoms in total. The van der Waals surface area contributed by atoms with Crippen molar-refractivity contribution in [1.82, 2.24) is 10.2 Å². The van der Waals surface area contributed by atoms with Gasteiger partial charge >= 0.3 is 0 Å². The van der Waals surface area contributed by atoms with Crippen LogP contribution in [-0.4, -0.2) is 48.6 Å². The fourth-order valence-electron chi connectivity index (χ4n) is 3.25. The molecule has 0 bridgehead atoms. The predicted octanol–water partition coefficient (Wildman–Crippen LogP) is 2.20. The summed E-state index contributed by atoms with van der Waals surface area (Å²) in [5, 5.41) is 3.77. The highest BCUT2D eigenvalue weighted by atomic mass is 32.2. The summed E-state index contributed by atoms with van der Waals surface area (Å²) in [6.45, 7) is 4.64. The summed E-state index contributed by atoms with van der Waals surface area (Å²) >= 11 is 2.14. The maximum atomic E-state index is 3.77. The van der Waals surface area contributed by atoms with Crippen molar-refractivity contribution >= 4 is 11.8 Å². The molecule has 2 aliphatic rings. The summed E-state index contributed by atoms with van der Waals surface area (Å²) in [7, 11) is 2.31. The maximum Gasteiger partial charge on any atom is 0.0339 e. The van der Waals surface area contributed by atoms with E-state index in [0.29, 0.717) is 0 Å². The van der Waals surface area contributed by atoms with Crippen LogP contribution < -0.4 is 5.32 Å². The zero-order valence-electron chi connectivity index (χ0n) is 10.7. The van der Waals surface area contributed by atoms with Crippen LogP contribution in [0.1, 0.15) is 32.6 Å². The van der Waals surface area contributed by atoms with Gasteiger partial charge in [-0.2, -0.15) is 11.8 Å². The smallest absolute Gasteiger partial charge is 0.0339 e. The third kappa shape index (κ3) is 2.93. The van der Waals surface area contributed by atoms with Gasteiger partial charge in [-0.25, -0.2) is 0 Å². The Kier molecular flexibility index (Phi) is 4.98. The first-order chi connectivity index (χ1) is 7.83. The first kappa shape index (κ1) is 12.7. The summed E-state index contributed by atoms with van der Waals surface area (Å²) in [5.41, 5.74) is 0. The fraction of sp³-hybridized carbons (Fsp3) is 1.00. The van der Waals surface area contributed by atoms with Crippen LogP contribution in [0.15, 0.2) is 0 Å². The Balaban J connectivity index is 1.98. The topological polar surface area (TPSA) is 15.3 Å². The minimum atomic E-state index is 0.741. The van der Waals surface area contributed by atoms with Crippen molar-refractivity contribution < 1.29 is 0 Å². The van der Waals surface area contributed by atoms with Crippen LogP contribution in [0.3, 0.4) is 0 Å². The van der Waals surface area contributed by atoms with Gasteiger partial charge < -0.3 is 10.2 Å². The third-order valence-electron chi connectivity index (χ3n) is 4.21. The summed E-state index contributed by atoms with van der Waals surface area (Å²) < 4.78 is 0. The monoisotopic (exact) mass is 242 g/mol. The van der Waals surface area contributed by atoms with E-state index < -0.39 is 0 Å². The van der Waals surface area contributed by atoms with Crippen LogP contribution in [0.5, 0.6) is 0 Å². The van der Waals surface area contributed by atoms with E-state index in [0.717, 1.165) is 24.5 Å². The van der Waals surface area contributed by atoms with E-state index in [-0.39, 0.29) is 0 Å². The quantitative estimate of drug-likeness (QED) is 0.814. The van der Waals surface area contributed by atoms with Crippen molar-refractivity contribution in [3.8, 4) is 0 Å². The summed E-state index contributed by atoms with van der Waals surface area (Å²) in [4.78, 5) is 2.59. The molecule has 0 aromatic rings. The zero-order chi connectivity index (χ0) is 11.4. The van der Waals surface area contributed by atoms with Gasteiger partial charge in [0.2, 0.25) is 0 Å². The van der Waals surface area contributed by atoms with E-state index in [1.54, 1.807) is 0 Å². The van der Waals surface area contributed by atoms with Crippen LogP contribution in [0, 0.1) is 5.92 Å². The second kappa shape index (κ2) is 6.27. The van der Waals surface area contributed by atoms with Gasteiger partial charge in [-0.15, -0.1) is 0 Å². The van der Waals surface area contributed by atoms with Gasteiger partial charge in [0, 0.05) is 30.1 Å². The molecule has 2 rings (SSSR count). The molecule has 2 unspecified atom stereocenters. The Hall–Kier alpha value is 0.270. The SMILES string of the molecule is CCNC(C1CCCC1)C1CSCCN1C. The van der Waals surface area contributed by atoms with E-state index in [4.69, 9.17) is 0 Å². The second-order valence-corrected chi connectivity index (χ2v) is 6.40. The molecule has 1 aliphatic carbocycles. The predicted molar refractivity (Wildman–Crippen MR) is 73.2 cm³/mol. The lowest BCUT2D eigenvalue weighted by atomic mass is 9.91. The lowest BCUT2D eigenvalue weighted by molar-refractivity contribution is 0.176. The molecule has 0 amide bonds. The molecule has 16 heavy (non-hydrogen) atoms. The zero-order valence-corrected chi connectivity index (χ0v) is 11.6. The summed E-state index contributed by atoms with van der Waals surface area (Å²) in [5.74, 6) is 3.58. The molecule has 3 heteroatoms. The first-order valence-corrected chi connectivity index (χ1v) is 7.99. The Bertz CT molecular complexity index is 204. The molecular weight excluding hydrogens is 216 g/mol. The van der Waals surface area contributed by atoms with Crippen molar-refractivity contribution in [3.05, 3.63) is 0 Å². The molecule has 0 aromatic heterocycles. The number of thioether (sulfide) groups is 1. The van der Waals surface area contributed by atoms with E-state index in [2.05, 4.69) is 35.9 Å². The molecule has 1 saturated carbocycles. The van der Waals surface area contributed by atoms with Gasteiger partial charge in [0.1, 0.15) is 0 Å². The molecule has 0 aromatic carbocycles. The molecule has 1 saturated heterocycles. The molecule has 2 atom stereocenters. The largest absolute Gasteiger partial charge is 0.312 e. The van der Waals surface area contributed by atoms with Crippen molar-refractivity contribution in [2.24, 2.45) is 5.92 Å². The fourth-order valence-corrected chi connectivity index (χ4v) is 4.54. The van der Waals surface area contributed by atoms with Crippen molar-refractivity contribution in [3.63, 3.8) is 0 Å². The molecule has 2 fully saturated rings. The Morgan fingerprint density at radius 3 is 2.75 bits per heavy atom. The molecule has 1 N–H and O–H groups in total. The van der Waals surface area contributed by atoms with Gasteiger partial charge in [-0.05, 0) is 32.4 Å². The first-order valence-electron chi connectivity index (χ1n) is 6.84. The molecule has 1 heterocycles. The average Bonchev–Trinajstić information content (AvgIpc) is 2.80.